The molecular weight excluding hydrogens is 147 g/mol. The molecule has 56 valence electrons. The van der Waals surface area contributed by atoms with Crippen molar-refractivity contribution in [2.24, 2.45) is 0 Å². The number of hydrogen-bond acceptors (Lipinski definition) is 2. The average Bonchev–Trinajstić information content (AvgIpc) is 2.27. The number of nitrogens with zero attached hydrogens (tertiary/aromatic N) is 1. The molecule has 1 N–H and O–H groups in total. The van der Waals surface area contributed by atoms with Crippen LogP contribution in [-0.4, -0.2) is 10.9 Å². The molecule has 0 aliphatic carbocycles. The average molecular weight is 152 g/mol. The highest BCUT2D eigenvalue weighted by Crippen LogP contribution is 2.19. The van der Waals surface area contributed by atoms with Gasteiger partial charge in [-0.05, 0) is 6.07 Å². The number of hydrogen-bond donors (Lipinski definition) is 1. The van der Waals surface area contributed by atoms with E-state index in [0.717, 1.165) is 6.20 Å². The SMILES string of the molecule is O=C1Cc2cc(F)cnc2N1. The van der Waals surface area contributed by atoms with E-state index in [9.17, 15) is 9.18 Å². The van der Waals surface area contributed by atoms with Gasteiger partial charge in [0.1, 0.15) is 11.6 Å². The van der Waals surface area contributed by atoms with Crippen molar-refractivity contribution in [3.8, 4) is 0 Å². The topological polar surface area (TPSA) is 42.0 Å². The van der Waals surface area contributed by atoms with Crippen LogP contribution in [0.25, 0.3) is 0 Å². The predicted octanol–water partition coefficient (Wildman–Crippen LogP) is 0.715. The van der Waals surface area contributed by atoms with Crippen LogP contribution in [0.15, 0.2) is 12.3 Å². The van der Waals surface area contributed by atoms with Gasteiger partial charge in [0.25, 0.3) is 0 Å². The van der Waals surface area contributed by atoms with Gasteiger partial charge >= 0.3 is 0 Å². The van der Waals surface area contributed by atoms with E-state index in [0.29, 0.717) is 11.4 Å². The molecular formula is C7H5FN2O. The number of fused-ring (bicyclic) bond motifs is 1. The second-order valence-corrected chi connectivity index (χ2v) is 2.39. The summed E-state index contributed by atoms with van der Waals surface area (Å²) in [4.78, 5) is 14.4. The Morgan fingerprint density at radius 2 is 2.45 bits per heavy atom. The molecule has 0 spiro atoms. The van der Waals surface area contributed by atoms with Gasteiger partial charge in [0, 0.05) is 5.56 Å². The molecule has 0 atom stereocenters. The maximum Gasteiger partial charge on any atom is 0.230 e. The number of rotatable bonds is 0. The van der Waals surface area contributed by atoms with Crippen LogP contribution in [0.1, 0.15) is 5.56 Å². The molecule has 11 heavy (non-hydrogen) atoms. The Bertz CT molecular complexity index is 324. The third kappa shape index (κ3) is 0.960. The van der Waals surface area contributed by atoms with Crippen LogP contribution in [0.5, 0.6) is 0 Å². The van der Waals surface area contributed by atoms with Crippen LogP contribution in [0, 0.1) is 5.82 Å². The monoisotopic (exact) mass is 152 g/mol. The molecule has 2 heterocycles. The van der Waals surface area contributed by atoms with Gasteiger partial charge in [-0.15, -0.1) is 0 Å². The van der Waals surface area contributed by atoms with Gasteiger partial charge in [-0.1, -0.05) is 0 Å². The van der Waals surface area contributed by atoms with Gasteiger partial charge in [-0.3, -0.25) is 4.79 Å². The number of halogens is 1. The van der Waals surface area contributed by atoms with E-state index in [1.54, 1.807) is 0 Å². The molecule has 1 aliphatic rings. The first-order chi connectivity index (χ1) is 5.25. The first kappa shape index (κ1) is 6.27. The van der Waals surface area contributed by atoms with Crippen molar-refractivity contribution < 1.29 is 9.18 Å². The molecule has 1 aromatic rings. The second kappa shape index (κ2) is 2.02. The zero-order valence-corrected chi connectivity index (χ0v) is 5.60. The summed E-state index contributed by atoms with van der Waals surface area (Å²) < 4.78 is 12.5. The molecule has 1 aliphatic heterocycles. The van der Waals surface area contributed by atoms with Gasteiger partial charge in [0.15, 0.2) is 0 Å². The highest BCUT2D eigenvalue weighted by atomic mass is 19.1. The Morgan fingerprint density at radius 1 is 1.64 bits per heavy atom. The van der Waals surface area contributed by atoms with Gasteiger partial charge in [0.05, 0.1) is 12.6 Å². The fourth-order valence-electron chi connectivity index (χ4n) is 1.08. The quantitative estimate of drug-likeness (QED) is 0.595. The number of carbonyl (C=O) groups is 1. The maximum atomic E-state index is 12.5. The van der Waals surface area contributed by atoms with Crippen LogP contribution < -0.4 is 5.32 Å². The molecule has 0 saturated heterocycles. The number of nitrogens with one attached hydrogen (secondary N) is 1. The molecule has 4 heteroatoms. The normalized spacial score (nSPS) is 14.5. The number of carbonyl (C=O) groups excluding carboxylic acids is 1. The lowest BCUT2D eigenvalue weighted by atomic mass is 10.2. The summed E-state index contributed by atoms with van der Waals surface area (Å²) in [6.45, 7) is 0. The molecule has 0 aromatic carbocycles. The third-order valence-electron chi connectivity index (χ3n) is 1.54. The second-order valence-electron chi connectivity index (χ2n) is 2.39. The molecule has 0 saturated carbocycles. The van der Waals surface area contributed by atoms with Crippen LogP contribution in [0.2, 0.25) is 0 Å². The van der Waals surface area contributed by atoms with E-state index < -0.39 is 5.82 Å². The molecule has 0 radical (unpaired) electrons. The van der Waals surface area contributed by atoms with Crippen LogP contribution >= 0.6 is 0 Å². The minimum Gasteiger partial charge on any atom is -0.310 e. The third-order valence-corrected chi connectivity index (χ3v) is 1.54. The fourth-order valence-corrected chi connectivity index (χ4v) is 1.08. The van der Waals surface area contributed by atoms with Gasteiger partial charge in [-0.25, -0.2) is 9.37 Å². The lowest BCUT2D eigenvalue weighted by molar-refractivity contribution is -0.115. The number of aromatic nitrogens is 1. The van der Waals surface area contributed by atoms with Crippen molar-refractivity contribution in [1.82, 2.24) is 4.98 Å². The van der Waals surface area contributed by atoms with Crippen molar-refractivity contribution >= 4 is 11.7 Å². The summed E-state index contributed by atoms with van der Waals surface area (Å²) in [6.07, 6.45) is 1.32. The van der Waals surface area contributed by atoms with Crippen LogP contribution in [-0.2, 0) is 11.2 Å². The molecule has 1 amide bonds. The van der Waals surface area contributed by atoms with Crippen LogP contribution in [0.3, 0.4) is 0 Å². The van der Waals surface area contributed by atoms with E-state index in [4.69, 9.17) is 0 Å². The lowest BCUT2D eigenvalue weighted by Crippen LogP contribution is -2.04. The number of amides is 1. The summed E-state index contributed by atoms with van der Waals surface area (Å²) in [6, 6.07) is 1.32. The van der Waals surface area contributed by atoms with E-state index in [1.807, 2.05) is 0 Å². The van der Waals surface area contributed by atoms with Crippen molar-refractivity contribution in [1.29, 1.82) is 0 Å². The Morgan fingerprint density at radius 3 is 3.27 bits per heavy atom. The molecule has 0 fully saturated rings. The maximum absolute atomic E-state index is 12.5. The minimum atomic E-state index is -0.403. The van der Waals surface area contributed by atoms with Gasteiger partial charge in [0.2, 0.25) is 5.91 Å². The van der Waals surface area contributed by atoms with E-state index >= 15 is 0 Å². The predicted molar refractivity (Wildman–Crippen MR) is 36.5 cm³/mol. The van der Waals surface area contributed by atoms with E-state index in [1.165, 1.54) is 6.07 Å². The number of pyridine rings is 1. The van der Waals surface area contributed by atoms with E-state index in [-0.39, 0.29) is 12.3 Å². The Hall–Kier alpha value is -1.45. The fraction of sp³-hybridized carbons (Fsp3) is 0.143. The summed E-state index contributed by atoms with van der Waals surface area (Å²) >= 11 is 0. The van der Waals surface area contributed by atoms with Crippen molar-refractivity contribution in [2.75, 3.05) is 5.32 Å². The standard InChI is InChI=1S/C7H5FN2O/c8-5-1-4-2-6(11)10-7(4)9-3-5/h1,3H,2H2,(H,9,10,11). The highest BCUT2D eigenvalue weighted by molar-refractivity contribution is 5.97. The first-order valence-electron chi connectivity index (χ1n) is 3.20. The molecule has 3 nitrogen and oxygen atoms in total. The Labute approximate surface area is 62.3 Å². The zero-order valence-electron chi connectivity index (χ0n) is 5.60. The highest BCUT2D eigenvalue weighted by Gasteiger charge is 2.18. The van der Waals surface area contributed by atoms with E-state index in [2.05, 4.69) is 10.3 Å². The Balaban J connectivity index is 2.51. The first-order valence-corrected chi connectivity index (χ1v) is 3.20. The van der Waals surface area contributed by atoms with Gasteiger partial charge < -0.3 is 5.32 Å². The van der Waals surface area contributed by atoms with Crippen LogP contribution in [0.4, 0.5) is 10.2 Å². The van der Waals surface area contributed by atoms with Crippen molar-refractivity contribution in [2.45, 2.75) is 6.42 Å². The summed E-state index contributed by atoms with van der Waals surface area (Å²) in [5, 5.41) is 2.51. The summed E-state index contributed by atoms with van der Waals surface area (Å²) in [5.41, 5.74) is 0.634. The van der Waals surface area contributed by atoms with Crippen molar-refractivity contribution in [3.63, 3.8) is 0 Å². The molecule has 1 aromatic heterocycles. The zero-order chi connectivity index (χ0) is 7.84. The van der Waals surface area contributed by atoms with Gasteiger partial charge in [-0.2, -0.15) is 0 Å². The Kier molecular flexibility index (Phi) is 1.15. The lowest BCUT2D eigenvalue weighted by Gasteiger charge is -1.94. The largest absolute Gasteiger partial charge is 0.310 e. The summed E-state index contributed by atoms with van der Waals surface area (Å²) in [7, 11) is 0. The molecule has 2 rings (SSSR count). The van der Waals surface area contributed by atoms with Crippen molar-refractivity contribution in [3.05, 3.63) is 23.6 Å². The molecule has 0 unspecified atom stereocenters. The smallest absolute Gasteiger partial charge is 0.230 e. The summed E-state index contributed by atoms with van der Waals surface area (Å²) in [5.74, 6) is -0.0465. The number of anilines is 1. The molecule has 0 bridgehead atoms. The minimum absolute atomic E-state index is 0.127.